The van der Waals surface area contributed by atoms with E-state index in [1.807, 2.05) is 104 Å². The van der Waals surface area contributed by atoms with Crippen molar-refractivity contribution < 1.29 is 33.7 Å². The molecule has 0 aliphatic carbocycles. The van der Waals surface area contributed by atoms with Gasteiger partial charge in [-0.05, 0) is 70.6 Å². The lowest BCUT2D eigenvalue weighted by Crippen LogP contribution is -2.14. The second-order valence-electron chi connectivity index (χ2n) is 10.2. The minimum Gasteiger partial charge on any atom is -0.489 e. The Bertz CT molecular complexity index is 1730. The standard InChI is InChI=1S/C37H30O7/c1-25-12-18-31(21-33(25)27-14-16-30(17-15-27)37(40)41)42-22-26-13-19-32(35(43-23-38)28-8-4-2-5-9-28)34(20-26)36(44-24-39)29-10-6-3-7-11-29/h2-21,23-24,35-36H,22H2,1H3,(H,40,41). The fraction of sp³-hybridized carbons (Fsp3) is 0.108. The molecule has 44 heavy (non-hydrogen) atoms. The molecule has 0 amide bonds. The summed E-state index contributed by atoms with van der Waals surface area (Å²) in [6, 6.07) is 36.8. The van der Waals surface area contributed by atoms with Crippen molar-refractivity contribution in [2.24, 2.45) is 0 Å². The molecule has 1 N–H and O–H groups in total. The SMILES string of the molecule is Cc1ccc(OCc2ccc(C(OC=O)c3ccccc3)c(C(OC=O)c3ccccc3)c2)cc1-c1ccc(C(=O)O)cc1. The molecule has 0 fully saturated rings. The van der Waals surface area contributed by atoms with Crippen LogP contribution in [0.5, 0.6) is 5.75 Å². The van der Waals surface area contributed by atoms with E-state index in [1.54, 1.807) is 24.3 Å². The van der Waals surface area contributed by atoms with Gasteiger partial charge < -0.3 is 19.3 Å². The maximum absolute atomic E-state index is 11.7. The maximum atomic E-state index is 11.7. The van der Waals surface area contributed by atoms with E-state index in [1.165, 1.54) is 0 Å². The third-order valence-corrected chi connectivity index (χ3v) is 7.36. The summed E-state index contributed by atoms with van der Waals surface area (Å²) in [5.74, 6) is -0.342. The van der Waals surface area contributed by atoms with Crippen LogP contribution >= 0.6 is 0 Å². The van der Waals surface area contributed by atoms with E-state index in [2.05, 4.69) is 0 Å². The average Bonchev–Trinajstić information content (AvgIpc) is 3.06. The topological polar surface area (TPSA) is 99.1 Å². The number of ether oxygens (including phenoxy) is 3. The van der Waals surface area contributed by atoms with E-state index in [-0.39, 0.29) is 12.2 Å². The van der Waals surface area contributed by atoms with Crippen molar-refractivity contribution >= 4 is 18.9 Å². The minimum atomic E-state index is -0.975. The monoisotopic (exact) mass is 586 g/mol. The van der Waals surface area contributed by atoms with Crippen LogP contribution in [0.25, 0.3) is 11.1 Å². The maximum Gasteiger partial charge on any atom is 0.335 e. The molecule has 5 aromatic carbocycles. The first-order valence-electron chi connectivity index (χ1n) is 14.0. The molecular weight excluding hydrogens is 556 g/mol. The average molecular weight is 587 g/mol. The number of rotatable bonds is 13. The molecule has 2 atom stereocenters. The molecule has 0 saturated carbocycles. The molecule has 0 heterocycles. The number of carboxylic acids is 1. The second-order valence-corrected chi connectivity index (χ2v) is 10.2. The predicted octanol–water partition coefficient (Wildman–Crippen LogP) is 7.46. The molecule has 5 rings (SSSR count). The van der Waals surface area contributed by atoms with Crippen molar-refractivity contribution in [3.8, 4) is 16.9 Å². The van der Waals surface area contributed by atoms with Crippen LogP contribution in [0.2, 0.25) is 0 Å². The lowest BCUT2D eigenvalue weighted by Gasteiger charge is -2.25. The number of hydrogen-bond acceptors (Lipinski definition) is 6. The van der Waals surface area contributed by atoms with Crippen LogP contribution < -0.4 is 4.74 Å². The van der Waals surface area contributed by atoms with Crippen LogP contribution in [-0.2, 0) is 25.7 Å². The molecule has 2 unspecified atom stereocenters. The Kier molecular flexibility index (Phi) is 9.47. The molecule has 0 aromatic heterocycles. The molecule has 0 radical (unpaired) electrons. The summed E-state index contributed by atoms with van der Waals surface area (Å²) in [5, 5.41) is 9.24. The van der Waals surface area contributed by atoms with Gasteiger partial charge in [0, 0.05) is 11.1 Å². The minimum absolute atomic E-state index is 0.209. The van der Waals surface area contributed by atoms with E-state index < -0.39 is 18.2 Å². The molecule has 7 heteroatoms. The van der Waals surface area contributed by atoms with Gasteiger partial charge in [-0.25, -0.2) is 4.79 Å². The Morgan fingerprint density at radius 3 is 1.86 bits per heavy atom. The number of hydrogen-bond donors (Lipinski definition) is 1. The third-order valence-electron chi connectivity index (χ3n) is 7.36. The van der Waals surface area contributed by atoms with Crippen LogP contribution in [0.3, 0.4) is 0 Å². The molecular formula is C37H30O7. The van der Waals surface area contributed by atoms with Gasteiger partial charge in [0.05, 0.1) is 5.56 Å². The summed E-state index contributed by atoms with van der Waals surface area (Å²) >= 11 is 0. The van der Waals surface area contributed by atoms with Crippen LogP contribution in [-0.4, -0.2) is 24.0 Å². The van der Waals surface area contributed by atoms with Gasteiger partial charge in [-0.1, -0.05) is 91.0 Å². The predicted molar refractivity (Wildman–Crippen MR) is 165 cm³/mol. The Morgan fingerprint density at radius 1 is 0.705 bits per heavy atom. The van der Waals surface area contributed by atoms with E-state index in [9.17, 15) is 19.5 Å². The number of benzene rings is 5. The van der Waals surface area contributed by atoms with Gasteiger partial charge >= 0.3 is 5.97 Å². The highest BCUT2D eigenvalue weighted by Gasteiger charge is 2.26. The summed E-state index contributed by atoms with van der Waals surface area (Å²) in [4.78, 5) is 34.6. The summed E-state index contributed by atoms with van der Waals surface area (Å²) in [7, 11) is 0. The second kappa shape index (κ2) is 14.0. The fourth-order valence-electron chi connectivity index (χ4n) is 5.17. The zero-order valence-electron chi connectivity index (χ0n) is 24.0. The first kappa shape index (κ1) is 29.8. The molecule has 7 nitrogen and oxygen atoms in total. The number of carboxylic acid groups (broad SMARTS) is 1. The molecule has 220 valence electrons. The van der Waals surface area contributed by atoms with E-state index in [0.29, 0.717) is 29.8 Å². The molecule has 0 aliphatic rings. The van der Waals surface area contributed by atoms with Crippen molar-refractivity contribution in [2.75, 3.05) is 0 Å². The number of aromatic carboxylic acids is 1. The van der Waals surface area contributed by atoms with Gasteiger partial charge in [-0.2, -0.15) is 0 Å². The molecule has 0 bridgehead atoms. The fourth-order valence-corrected chi connectivity index (χ4v) is 5.17. The normalized spacial score (nSPS) is 12.0. The third kappa shape index (κ3) is 6.85. The summed E-state index contributed by atoms with van der Waals surface area (Å²) in [5.41, 5.74) is 6.71. The molecule has 0 saturated heterocycles. The number of carbonyl (C=O) groups excluding carboxylic acids is 2. The number of carbonyl (C=O) groups is 3. The van der Waals surface area contributed by atoms with Crippen LogP contribution in [0.1, 0.15) is 55.9 Å². The molecule has 5 aromatic rings. The largest absolute Gasteiger partial charge is 0.489 e. The van der Waals surface area contributed by atoms with Crippen LogP contribution in [0.4, 0.5) is 0 Å². The van der Waals surface area contributed by atoms with Crippen LogP contribution in [0.15, 0.2) is 121 Å². The van der Waals surface area contributed by atoms with Gasteiger partial charge in [-0.3, -0.25) is 9.59 Å². The van der Waals surface area contributed by atoms with Crippen molar-refractivity contribution in [3.05, 3.63) is 160 Å². The zero-order chi connectivity index (χ0) is 30.9. The Hall–Kier alpha value is -5.69. The highest BCUT2D eigenvalue weighted by atomic mass is 16.5. The highest BCUT2D eigenvalue weighted by molar-refractivity contribution is 5.88. The lowest BCUT2D eigenvalue weighted by molar-refractivity contribution is -0.134. The summed E-state index contributed by atoms with van der Waals surface area (Å²) < 4.78 is 17.4. The van der Waals surface area contributed by atoms with Gasteiger partial charge in [0.15, 0.2) is 12.2 Å². The van der Waals surface area contributed by atoms with Gasteiger partial charge in [0.25, 0.3) is 12.9 Å². The summed E-state index contributed by atoms with van der Waals surface area (Å²) in [6.07, 6.45) is -1.49. The smallest absolute Gasteiger partial charge is 0.335 e. The van der Waals surface area contributed by atoms with Gasteiger partial charge in [-0.15, -0.1) is 0 Å². The van der Waals surface area contributed by atoms with Crippen molar-refractivity contribution in [2.45, 2.75) is 25.7 Å². The van der Waals surface area contributed by atoms with E-state index in [0.717, 1.165) is 33.4 Å². The van der Waals surface area contributed by atoms with E-state index >= 15 is 0 Å². The van der Waals surface area contributed by atoms with Crippen molar-refractivity contribution in [1.82, 2.24) is 0 Å². The first-order valence-corrected chi connectivity index (χ1v) is 14.0. The van der Waals surface area contributed by atoms with Gasteiger partial charge in [0.2, 0.25) is 0 Å². The molecule has 0 spiro atoms. The summed E-state index contributed by atoms with van der Waals surface area (Å²) in [6.45, 7) is 3.03. The van der Waals surface area contributed by atoms with Gasteiger partial charge in [0.1, 0.15) is 12.4 Å². The zero-order valence-corrected chi connectivity index (χ0v) is 24.0. The van der Waals surface area contributed by atoms with Crippen molar-refractivity contribution in [3.63, 3.8) is 0 Å². The Balaban J connectivity index is 1.50. The Labute approximate surface area is 255 Å². The number of aryl methyl sites for hydroxylation is 1. The van der Waals surface area contributed by atoms with Crippen molar-refractivity contribution in [1.29, 1.82) is 0 Å². The van der Waals surface area contributed by atoms with Crippen LogP contribution in [0, 0.1) is 6.92 Å². The quantitative estimate of drug-likeness (QED) is 0.143. The first-order chi connectivity index (χ1) is 21.5. The molecule has 0 aliphatic heterocycles. The Morgan fingerprint density at radius 2 is 1.30 bits per heavy atom. The van der Waals surface area contributed by atoms with E-state index in [4.69, 9.17) is 14.2 Å². The lowest BCUT2D eigenvalue weighted by atomic mass is 9.89. The highest BCUT2D eigenvalue weighted by Crippen LogP contribution is 2.36.